The summed E-state index contributed by atoms with van der Waals surface area (Å²) >= 11 is 1.32. The Labute approximate surface area is 476 Å². The molecule has 0 bridgehead atoms. The lowest BCUT2D eigenvalue weighted by atomic mass is 10.0. The second-order valence-electron chi connectivity index (χ2n) is 21.6. The van der Waals surface area contributed by atoms with Crippen LogP contribution in [0, 0.1) is 0 Å². The molecule has 0 saturated heterocycles. The van der Waals surface area contributed by atoms with Gasteiger partial charge in [0.05, 0.1) is 6.54 Å². The van der Waals surface area contributed by atoms with Gasteiger partial charge in [0.15, 0.2) is 6.17 Å². The number of aliphatic carboxylic acids is 2. The molecule has 6 N–H and O–H groups in total. The summed E-state index contributed by atoms with van der Waals surface area (Å²) in [6.07, 6.45) is 40.5. The fourth-order valence-corrected chi connectivity index (χ4v) is 10.1. The molecule has 0 aliphatic rings. The zero-order valence-corrected chi connectivity index (χ0v) is 50.2. The van der Waals surface area contributed by atoms with Gasteiger partial charge in [0, 0.05) is 43.6 Å². The molecule has 0 aromatic rings. The molecule has 1 unspecified atom stereocenters. The van der Waals surface area contributed by atoms with Crippen LogP contribution in [0.15, 0.2) is 0 Å². The Kier molecular flexibility index (Phi) is 52.3. The summed E-state index contributed by atoms with van der Waals surface area (Å²) < 4.78 is 11.5. The van der Waals surface area contributed by atoms with Crippen molar-refractivity contribution in [3.05, 3.63) is 0 Å². The molecule has 0 saturated carbocycles. The first kappa shape index (κ1) is 74.1. The fraction of sp³-hybridized carbons (Fsp3) is 0.869. The maximum atomic E-state index is 13.3. The Bertz CT molecular complexity index is 1550. The Balaban J connectivity index is 5.33. The molecule has 0 rings (SSSR count). The van der Waals surface area contributed by atoms with Gasteiger partial charge in [0.25, 0.3) is 5.91 Å². The Hall–Kier alpha value is -3.89. The average molecular weight is 1130 g/mol. The molecule has 0 fully saturated rings. The average Bonchev–Trinajstić information content (AvgIpc) is 3.41. The highest BCUT2D eigenvalue weighted by Crippen LogP contribution is 2.17. The van der Waals surface area contributed by atoms with Gasteiger partial charge in [-0.15, -0.1) is 0 Å². The monoisotopic (exact) mass is 1120 g/mol. The summed E-state index contributed by atoms with van der Waals surface area (Å²) in [5.74, 6) is -5.76. The molecule has 0 aliphatic carbocycles. The van der Waals surface area contributed by atoms with E-state index in [0.717, 1.165) is 70.6 Å². The number of carbonyl (C=O) groups is 8. The molecular formula is C61H112N4O12S. The minimum absolute atomic E-state index is 0.0915. The second kappa shape index (κ2) is 55.0. The minimum atomic E-state index is -1.55. The standard InChI is InChI=1S/C61H112N4O12S/c1-4-7-10-13-16-19-22-24-27-30-33-36-39-42-57(71)76-49-51(77-58(72)43-40-37-34-31-28-25-23-20-17-14-11-8-5-2)50-78-47-46-54(67)65-59(60(73)62-48-55(68)63-52(61(74)75)44-45-56(69)70)64-53(66)41-38-35-32-29-26-21-18-15-12-9-6-3/h51-52,59H,4-50H2,1-3H3,(H,62,73)(H,63,68)(H,64,66)(H,65,67)(H,69,70)(H,74,75)/t51-,52?,59-/m1/s1. The minimum Gasteiger partial charge on any atom is -0.481 e. The fourth-order valence-electron chi connectivity index (χ4n) is 9.20. The Morgan fingerprint density at radius 2 is 0.795 bits per heavy atom. The highest BCUT2D eigenvalue weighted by molar-refractivity contribution is 7.99. The number of thioether (sulfide) groups is 1. The van der Waals surface area contributed by atoms with E-state index in [1.807, 2.05) is 0 Å². The van der Waals surface area contributed by atoms with Crippen molar-refractivity contribution in [3.63, 3.8) is 0 Å². The van der Waals surface area contributed by atoms with Gasteiger partial charge in [0.2, 0.25) is 17.7 Å². The van der Waals surface area contributed by atoms with Gasteiger partial charge >= 0.3 is 23.9 Å². The molecule has 0 aliphatic heterocycles. The summed E-state index contributed by atoms with van der Waals surface area (Å²) in [5, 5.41) is 28.0. The lowest BCUT2D eigenvalue weighted by molar-refractivity contribution is -0.157. The van der Waals surface area contributed by atoms with Crippen molar-refractivity contribution in [2.75, 3.05) is 24.7 Å². The highest BCUT2D eigenvalue weighted by atomic mass is 32.2. The number of hydrogen-bond donors (Lipinski definition) is 6. The van der Waals surface area contributed by atoms with Crippen LogP contribution < -0.4 is 21.3 Å². The predicted molar refractivity (Wildman–Crippen MR) is 314 cm³/mol. The number of carboxylic acids is 2. The van der Waals surface area contributed by atoms with Crippen LogP contribution in [0.5, 0.6) is 0 Å². The van der Waals surface area contributed by atoms with E-state index in [-0.39, 0.29) is 62.2 Å². The topological polar surface area (TPSA) is 244 Å². The second-order valence-corrected chi connectivity index (χ2v) is 22.7. The molecular weight excluding hydrogens is 1010 g/mol. The van der Waals surface area contributed by atoms with E-state index >= 15 is 0 Å². The van der Waals surface area contributed by atoms with E-state index < -0.39 is 66.8 Å². The third-order valence-electron chi connectivity index (χ3n) is 14.1. The van der Waals surface area contributed by atoms with Crippen molar-refractivity contribution in [3.8, 4) is 0 Å². The van der Waals surface area contributed by atoms with Crippen LogP contribution in [0.4, 0.5) is 0 Å². The first-order valence-corrected chi connectivity index (χ1v) is 32.5. The van der Waals surface area contributed by atoms with Crippen molar-refractivity contribution >= 4 is 59.3 Å². The van der Waals surface area contributed by atoms with Crippen LogP contribution in [0.25, 0.3) is 0 Å². The van der Waals surface area contributed by atoms with Gasteiger partial charge in [-0.2, -0.15) is 11.8 Å². The molecule has 3 atom stereocenters. The van der Waals surface area contributed by atoms with Gasteiger partial charge in [-0.25, -0.2) is 4.79 Å². The zero-order chi connectivity index (χ0) is 57.5. The maximum Gasteiger partial charge on any atom is 0.326 e. The SMILES string of the molecule is CCCCCCCCCCCCCCCC(=O)OC[C@H](CSCCC(=O)N[C@@H](NC(=O)CCCCCCCCCCCCC)C(=O)NCC(=O)NC(CCC(=O)O)C(=O)O)OC(=O)CCCCCCCCCCCCCCC. The largest absolute Gasteiger partial charge is 0.481 e. The number of unbranched alkanes of at least 4 members (excludes halogenated alkanes) is 34. The van der Waals surface area contributed by atoms with Crippen molar-refractivity contribution in [1.29, 1.82) is 0 Å². The van der Waals surface area contributed by atoms with Gasteiger partial charge in [-0.05, 0) is 25.7 Å². The molecule has 17 heteroatoms. The van der Waals surface area contributed by atoms with E-state index in [0.29, 0.717) is 12.8 Å². The molecule has 0 aromatic heterocycles. The number of nitrogens with one attached hydrogen (secondary N) is 4. The predicted octanol–water partition coefficient (Wildman–Crippen LogP) is 13.3. The zero-order valence-electron chi connectivity index (χ0n) is 49.4. The first-order valence-electron chi connectivity index (χ1n) is 31.4. The lowest BCUT2D eigenvalue weighted by Gasteiger charge is -2.21. The van der Waals surface area contributed by atoms with Crippen LogP contribution in [0.1, 0.15) is 297 Å². The molecule has 0 spiro atoms. The smallest absolute Gasteiger partial charge is 0.326 e. The van der Waals surface area contributed by atoms with Crippen molar-refractivity contribution in [1.82, 2.24) is 21.3 Å². The maximum absolute atomic E-state index is 13.3. The number of ether oxygens (including phenoxy) is 2. The molecule has 0 heterocycles. The molecule has 78 heavy (non-hydrogen) atoms. The van der Waals surface area contributed by atoms with Gasteiger partial charge in [-0.1, -0.05) is 239 Å². The van der Waals surface area contributed by atoms with Crippen LogP contribution in [0.3, 0.4) is 0 Å². The van der Waals surface area contributed by atoms with E-state index in [1.165, 1.54) is 166 Å². The number of carboxylic acid groups (broad SMARTS) is 2. The van der Waals surface area contributed by atoms with E-state index in [4.69, 9.17) is 14.6 Å². The first-order chi connectivity index (χ1) is 37.8. The van der Waals surface area contributed by atoms with Gasteiger partial charge in [0.1, 0.15) is 18.8 Å². The van der Waals surface area contributed by atoms with E-state index in [1.54, 1.807) is 0 Å². The van der Waals surface area contributed by atoms with Crippen LogP contribution in [-0.4, -0.2) is 101 Å². The number of carbonyl (C=O) groups excluding carboxylic acids is 6. The molecule has 4 amide bonds. The van der Waals surface area contributed by atoms with Crippen LogP contribution in [0.2, 0.25) is 0 Å². The van der Waals surface area contributed by atoms with Crippen LogP contribution >= 0.6 is 11.8 Å². The van der Waals surface area contributed by atoms with Gasteiger partial charge < -0.3 is 41.0 Å². The molecule has 16 nitrogen and oxygen atoms in total. The normalized spacial score (nSPS) is 12.3. The summed E-state index contributed by atoms with van der Waals surface area (Å²) in [6, 6.07) is -1.50. The van der Waals surface area contributed by atoms with Crippen LogP contribution in [-0.2, 0) is 47.8 Å². The number of esters is 2. The molecule has 0 aromatic carbocycles. The summed E-state index contributed by atoms with van der Waals surface area (Å²) in [5.41, 5.74) is 0. The van der Waals surface area contributed by atoms with Crippen molar-refractivity contribution in [2.45, 2.75) is 315 Å². The highest BCUT2D eigenvalue weighted by Gasteiger charge is 2.26. The summed E-state index contributed by atoms with van der Waals surface area (Å²) in [6.45, 7) is 5.88. The van der Waals surface area contributed by atoms with Crippen molar-refractivity contribution in [2.24, 2.45) is 0 Å². The Morgan fingerprint density at radius 3 is 1.19 bits per heavy atom. The number of rotatable bonds is 58. The lowest BCUT2D eigenvalue weighted by Crippen LogP contribution is -2.58. The van der Waals surface area contributed by atoms with Crippen molar-refractivity contribution < 1.29 is 58.0 Å². The third-order valence-corrected chi connectivity index (χ3v) is 15.2. The molecule has 454 valence electrons. The third kappa shape index (κ3) is 50.3. The summed E-state index contributed by atoms with van der Waals surface area (Å²) in [4.78, 5) is 101. The Morgan fingerprint density at radius 1 is 0.423 bits per heavy atom. The van der Waals surface area contributed by atoms with E-state index in [2.05, 4.69) is 42.0 Å². The quantitative estimate of drug-likeness (QED) is 0.0189. The van der Waals surface area contributed by atoms with E-state index in [9.17, 15) is 43.5 Å². The summed E-state index contributed by atoms with van der Waals surface area (Å²) in [7, 11) is 0. The number of hydrogen-bond acceptors (Lipinski definition) is 11. The molecule has 0 radical (unpaired) electrons. The number of amides is 4. The van der Waals surface area contributed by atoms with Gasteiger partial charge in [-0.3, -0.25) is 33.6 Å².